The molecule has 25 heavy (non-hydrogen) atoms. The Morgan fingerprint density at radius 2 is 2.32 bits per heavy atom. The number of aryl methyl sites for hydroxylation is 1. The van der Waals surface area contributed by atoms with E-state index in [0.29, 0.717) is 38.1 Å². The number of amides is 2. The van der Waals surface area contributed by atoms with E-state index >= 15 is 0 Å². The van der Waals surface area contributed by atoms with Gasteiger partial charge in [-0.15, -0.1) is 5.10 Å². The molecule has 0 bridgehead atoms. The van der Waals surface area contributed by atoms with E-state index in [0.717, 1.165) is 5.69 Å². The highest BCUT2D eigenvalue weighted by Gasteiger charge is 2.31. The molecule has 1 aliphatic heterocycles. The van der Waals surface area contributed by atoms with Crippen molar-refractivity contribution in [1.29, 1.82) is 0 Å². The number of nitrogens with one attached hydrogen (secondary N) is 1. The average molecular weight is 344 g/mol. The van der Waals surface area contributed by atoms with Crippen molar-refractivity contribution in [1.82, 2.24) is 25.5 Å². The Hall–Kier alpha value is -2.97. The number of hydrogen-bond acceptors (Lipinski definition) is 6. The molecule has 1 unspecified atom stereocenters. The van der Waals surface area contributed by atoms with Crippen LogP contribution in [-0.4, -0.2) is 51.7 Å². The summed E-state index contributed by atoms with van der Waals surface area (Å²) in [6.45, 7) is 1.05. The number of nitrogens with zero attached hydrogens (tertiary/aromatic N) is 5. The maximum atomic E-state index is 12.2. The standard InChI is InChI=1S/C16H20N6O3/c1-25-14-5-2-4-13(9-14)22-10-12(8-16(22)24)18-15(23)6-3-7-21-11-17-19-20-21/h2,4-5,9,11-12H,3,6-8,10H2,1H3,(H,18,23). The molecule has 2 heterocycles. The predicted molar refractivity (Wildman–Crippen MR) is 88.9 cm³/mol. The van der Waals surface area contributed by atoms with Gasteiger partial charge in [0.15, 0.2) is 0 Å². The van der Waals surface area contributed by atoms with Crippen LogP contribution in [0.2, 0.25) is 0 Å². The lowest BCUT2D eigenvalue weighted by atomic mass is 10.2. The predicted octanol–water partition coefficient (Wildman–Crippen LogP) is 0.384. The zero-order valence-corrected chi connectivity index (χ0v) is 14.0. The second-order valence-corrected chi connectivity index (χ2v) is 5.85. The first-order valence-electron chi connectivity index (χ1n) is 8.10. The lowest BCUT2D eigenvalue weighted by molar-refractivity contribution is -0.121. The van der Waals surface area contributed by atoms with Gasteiger partial charge in [0.05, 0.1) is 13.2 Å². The van der Waals surface area contributed by atoms with Crippen LogP contribution in [0.1, 0.15) is 19.3 Å². The van der Waals surface area contributed by atoms with Crippen molar-refractivity contribution >= 4 is 17.5 Å². The molecule has 1 aromatic heterocycles. The summed E-state index contributed by atoms with van der Waals surface area (Å²) in [5, 5.41) is 13.8. The molecule has 1 aliphatic rings. The molecule has 1 N–H and O–H groups in total. The molecule has 0 aliphatic carbocycles. The van der Waals surface area contributed by atoms with Crippen molar-refractivity contribution < 1.29 is 14.3 Å². The minimum atomic E-state index is -0.181. The van der Waals surface area contributed by atoms with Gasteiger partial charge in [0.2, 0.25) is 11.8 Å². The number of carbonyl (C=O) groups is 2. The average Bonchev–Trinajstić information content (AvgIpc) is 3.24. The summed E-state index contributed by atoms with van der Waals surface area (Å²) in [6, 6.07) is 7.16. The molecule has 2 aromatic rings. The highest BCUT2D eigenvalue weighted by atomic mass is 16.5. The number of benzene rings is 1. The van der Waals surface area contributed by atoms with Gasteiger partial charge in [0.25, 0.3) is 0 Å². The van der Waals surface area contributed by atoms with E-state index in [1.54, 1.807) is 16.7 Å². The first kappa shape index (κ1) is 16.9. The largest absolute Gasteiger partial charge is 0.497 e. The second kappa shape index (κ2) is 7.73. The molecule has 0 radical (unpaired) electrons. The number of tetrazole rings is 1. The summed E-state index contributed by atoms with van der Waals surface area (Å²) in [4.78, 5) is 26.0. The SMILES string of the molecule is COc1cccc(N2CC(NC(=O)CCCn3cnnn3)CC2=O)c1. The van der Waals surface area contributed by atoms with Crippen LogP contribution in [0.25, 0.3) is 0 Å². The van der Waals surface area contributed by atoms with Crippen LogP contribution in [0.5, 0.6) is 5.75 Å². The number of methoxy groups -OCH3 is 1. The van der Waals surface area contributed by atoms with Crippen LogP contribution in [0.15, 0.2) is 30.6 Å². The molecule has 1 atom stereocenters. The van der Waals surface area contributed by atoms with Gasteiger partial charge in [-0.05, 0) is 29.0 Å². The normalized spacial score (nSPS) is 16.9. The van der Waals surface area contributed by atoms with E-state index in [2.05, 4.69) is 20.8 Å². The van der Waals surface area contributed by atoms with E-state index in [1.165, 1.54) is 6.33 Å². The van der Waals surface area contributed by atoms with E-state index in [-0.39, 0.29) is 17.9 Å². The van der Waals surface area contributed by atoms with Gasteiger partial charge in [-0.25, -0.2) is 4.68 Å². The minimum Gasteiger partial charge on any atom is -0.497 e. The summed E-state index contributed by atoms with van der Waals surface area (Å²) >= 11 is 0. The lowest BCUT2D eigenvalue weighted by Crippen LogP contribution is -2.37. The van der Waals surface area contributed by atoms with Gasteiger partial charge in [0.1, 0.15) is 12.1 Å². The number of anilines is 1. The fraction of sp³-hybridized carbons (Fsp3) is 0.438. The third-order valence-electron chi connectivity index (χ3n) is 4.04. The van der Waals surface area contributed by atoms with Crippen molar-refractivity contribution in [3.63, 3.8) is 0 Å². The molecular formula is C16H20N6O3. The summed E-state index contributed by atoms with van der Waals surface area (Å²) < 4.78 is 6.77. The minimum absolute atomic E-state index is 0.00718. The Bertz CT molecular complexity index is 733. The molecule has 132 valence electrons. The van der Waals surface area contributed by atoms with Crippen LogP contribution in [0.4, 0.5) is 5.69 Å². The maximum absolute atomic E-state index is 12.2. The fourth-order valence-corrected chi connectivity index (χ4v) is 2.82. The Balaban J connectivity index is 1.49. The van der Waals surface area contributed by atoms with Gasteiger partial charge in [-0.1, -0.05) is 6.07 Å². The smallest absolute Gasteiger partial charge is 0.229 e. The number of hydrogen-bond donors (Lipinski definition) is 1. The molecule has 0 saturated carbocycles. The van der Waals surface area contributed by atoms with Gasteiger partial charge in [-0.2, -0.15) is 0 Å². The number of ether oxygens (including phenoxy) is 1. The first-order chi connectivity index (χ1) is 12.2. The molecule has 0 spiro atoms. The zero-order valence-electron chi connectivity index (χ0n) is 14.0. The van der Waals surface area contributed by atoms with E-state index < -0.39 is 0 Å². The molecule has 9 heteroatoms. The molecule has 1 saturated heterocycles. The van der Waals surface area contributed by atoms with Crippen LogP contribution < -0.4 is 15.0 Å². The van der Waals surface area contributed by atoms with Crippen molar-refractivity contribution in [3.8, 4) is 5.75 Å². The van der Waals surface area contributed by atoms with Crippen LogP contribution in [0, 0.1) is 0 Å². The monoisotopic (exact) mass is 344 g/mol. The molecular weight excluding hydrogens is 324 g/mol. The number of carbonyl (C=O) groups excluding carboxylic acids is 2. The molecule has 9 nitrogen and oxygen atoms in total. The van der Waals surface area contributed by atoms with Crippen molar-refractivity contribution in [3.05, 3.63) is 30.6 Å². The van der Waals surface area contributed by atoms with Gasteiger partial charge in [0, 0.05) is 37.7 Å². The summed E-state index contributed by atoms with van der Waals surface area (Å²) in [5.74, 6) is 0.617. The molecule has 2 amide bonds. The summed E-state index contributed by atoms with van der Waals surface area (Å²) in [7, 11) is 1.59. The quantitative estimate of drug-likeness (QED) is 0.779. The Morgan fingerprint density at radius 1 is 1.44 bits per heavy atom. The van der Waals surface area contributed by atoms with Gasteiger partial charge >= 0.3 is 0 Å². The van der Waals surface area contributed by atoms with Crippen molar-refractivity contribution in [2.24, 2.45) is 0 Å². The number of aromatic nitrogens is 4. The first-order valence-corrected chi connectivity index (χ1v) is 8.10. The van der Waals surface area contributed by atoms with E-state index in [9.17, 15) is 9.59 Å². The molecule has 3 rings (SSSR count). The highest BCUT2D eigenvalue weighted by Crippen LogP contribution is 2.25. The van der Waals surface area contributed by atoms with Crippen molar-refractivity contribution in [2.75, 3.05) is 18.6 Å². The van der Waals surface area contributed by atoms with Crippen molar-refractivity contribution in [2.45, 2.75) is 31.8 Å². The van der Waals surface area contributed by atoms with Crippen LogP contribution >= 0.6 is 0 Å². The summed E-state index contributed by atoms with van der Waals surface area (Å²) in [6.07, 6.45) is 2.82. The van der Waals surface area contributed by atoms with Crippen LogP contribution in [-0.2, 0) is 16.1 Å². The van der Waals surface area contributed by atoms with Gasteiger partial charge in [-0.3, -0.25) is 9.59 Å². The molecule has 1 fully saturated rings. The Labute approximate surface area is 144 Å². The van der Waals surface area contributed by atoms with E-state index in [1.807, 2.05) is 24.3 Å². The van der Waals surface area contributed by atoms with Crippen LogP contribution in [0.3, 0.4) is 0 Å². The third kappa shape index (κ3) is 4.31. The summed E-state index contributed by atoms with van der Waals surface area (Å²) in [5.41, 5.74) is 0.778. The Kier molecular flexibility index (Phi) is 5.22. The highest BCUT2D eigenvalue weighted by molar-refractivity contribution is 5.97. The number of rotatable bonds is 7. The fourth-order valence-electron chi connectivity index (χ4n) is 2.82. The van der Waals surface area contributed by atoms with E-state index in [4.69, 9.17) is 4.74 Å². The Morgan fingerprint density at radius 3 is 3.08 bits per heavy atom. The third-order valence-corrected chi connectivity index (χ3v) is 4.04. The van der Waals surface area contributed by atoms with Gasteiger partial charge < -0.3 is 15.0 Å². The molecule has 1 aromatic carbocycles. The topological polar surface area (TPSA) is 102 Å². The second-order valence-electron chi connectivity index (χ2n) is 5.85. The zero-order chi connectivity index (χ0) is 17.6. The lowest BCUT2D eigenvalue weighted by Gasteiger charge is -2.18. The maximum Gasteiger partial charge on any atom is 0.229 e.